The van der Waals surface area contributed by atoms with Gasteiger partial charge in [-0.2, -0.15) is 0 Å². The van der Waals surface area contributed by atoms with Gasteiger partial charge in [0.25, 0.3) is 0 Å². The lowest BCUT2D eigenvalue weighted by atomic mass is 10.1. The first-order chi connectivity index (χ1) is 5.78. The molecule has 0 heterocycles. The van der Waals surface area contributed by atoms with Gasteiger partial charge in [0.2, 0.25) is 0 Å². The van der Waals surface area contributed by atoms with Crippen LogP contribution >= 0.6 is 0 Å². The predicted octanol–water partition coefficient (Wildman–Crippen LogP) is 4.26. The molecule has 0 fully saturated rings. The summed E-state index contributed by atoms with van der Waals surface area (Å²) in [6.07, 6.45) is 9.65. The van der Waals surface area contributed by atoms with E-state index in [2.05, 4.69) is 39.5 Å². The van der Waals surface area contributed by atoms with E-state index in [1.165, 1.54) is 11.1 Å². The maximum absolute atomic E-state index is 3.70. The van der Waals surface area contributed by atoms with E-state index in [-0.39, 0.29) is 0 Å². The molecule has 68 valence electrons. The highest BCUT2D eigenvalue weighted by atomic mass is 14.0. The molecule has 0 rings (SSSR count). The van der Waals surface area contributed by atoms with Gasteiger partial charge in [-0.15, -0.1) is 0 Å². The zero-order valence-electron chi connectivity index (χ0n) is 8.56. The molecule has 0 atom stereocenters. The van der Waals surface area contributed by atoms with Crippen molar-refractivity contribution in [3.8, 4) is 0 Å². The molecule has 0 aromatic carbocycles. The molecular formula is C12H20. The highest BCUT2D eigenvalue weighted by molar-refractivity contribution is 5.26. The molecule has 0 saturated carbocycles. The summed E-state index contributed by atoms with van der Waals surface area (Å²) in [4.78, 5) is 0. The van der Waals surface area contributed by atoms with Gasteiger partial charge in [-0.05, 0) is 24.8 Å². The lowest BCUT2D eigenvalue weighted by Crippen LogP contribution is -1.81. The standard InChI is InChI=1S/C12H20/c1-5-9-12(8-4)10-11(6-2)7-3/h5,9-10H,1,6-8H2,2-4H3/b12-9-. The zero-order valence-corrected chi connectivity index (χ0v) is 8.56. The summed E-state index contributed by atoms with van der Waals surface area (Å²) < 4.78 is 0. The minimum Gasteiger partial charge on any atom is -0.0991 e. The smallest absolute Gasteiger partial charge is 0.0307 e. The van der Waals surface area contributed by atoms with Crippen molar-refractivity contribution < 1.29 is 0 Å². The number of hydrogen-bond donors (Lipinski definition) is 0. The number of allylic oxidation sites excluding steroid dienone is 5. The fourth-order valence-corrected chi connectivity index (χ4v) is 1.14. The third-order valence-electron chi connectivity index (χ3n) is 2.04. The van der Waals surface area contributed by atoms with E-state index in [0.717, 1.165) is 19.3 Å². The minimum atomic E-state index is 1.09. The topological polar surface area (TPSA) is 0 Å². The SMILES string of the molecule is C=C/C=C(\C=C(CC)CC)CC. The molecule has 0 unspecified atom stereocenters. The van der Waals surface area contributed by atoms with Gasteiger partial charge in [0.05, 0.1) is 0 Å². The Kier molecular flexibility index (Phi) is 6.45. The van der Waals surface area contributed by atoms with E-state index < -0.39 is 0 Å². The van der Waals surface area contributed by atoms with Gasteiger partial charge in [0.15, 0.2) is 0 Å². The Bertz CT molecular complexity index is 176. The van der Waals surface area contributed by atoms with Crippen molar-refractivity contribution >= 4 is 0 Å². The first-order valence-corrected chi connectivity index (χ1v) is 4.79. The van der Waals surface area contributed by atoms with Crippen LogP contribution in [0, 0.1) is 0 Å². The van der Waals surface area contributed by atoms with Crippen molar-refractivity contribution in [2.45, 2.75) is 40.0 Å². The molecule has 12 heavy (non-hydrogen) atoms. The highest BCUT2D eigenvalue weighted by Crippen LogP contribution is 2.12. The maximum Gasteiger partial charge on any atom is -0.0307 e. The quantitative estimate of drug-likeness (QED) is 0.533. The van der Waals surface area contributed by atoms with E-state index in [1.54, 1.807) is 0 Å². The molecule has 0 aromatic heterocycles. The Labute approximate surface area is 76.7 Å². The average molecular weight is 164 g/mol. The Hall–Kier alpha value is -0.780. The summed E-state index contributed by atoms with van der Waals surface area (Å²) in [5.74, 6) is 0. The molecule has 0 radical (unpaired) electrons. The zero-order chi connectivity index (χ0) is 9.40. The van der Waals surface area contributed by atoms with Crippen LogP contribution in [0.25, 0.3) is 0 Å². The van der Waals surface area contributed by atoms with Crippen molar-refractivity contribution in [3.05, 3.63) is 36.0 Å². The van der Waals surface area contributed by atoms with Crippen LogP contribution in [0.2, 0.25) is 0 Å². The Morgan fingerprint density at radius 2 is 1.67 bits per heavy atom. The normalized spacial score (nSPS) is 11.1. The number of rotatable bonds is 5. The van der Waals surface area contributed by atoms with Gasteiger partial charge >= 0.3 is 0 Å². The lowest BCUT2D eigenvalue weighted by Gasteiger charge is -2.01. The summed E-state index contributed by atoms with van der Waals surface area (Å²) in [6.45, 7) is 10.3. The Morgan fingerprint density at radius 1 is 1.08 bits per heavy atom. The first kappa shape index (κ1) is 11.2. The van der Waals surface area contributed by atoms with Crippen molar-refractivity contribution in [1.29, 1.82) is 0 Å². The fraction of sp³-hybridized carbons (Fsp3) is 0.500. The molecule has 0 saturated heterocycles. The molecule has 0 nitrogen and oxygen atoms in total. The van der Waals surface area contributed by atoms with Gasteiger partial charge in [0, 0.05) is 0 Å². The monoisotopic (exact) mass is 164 g/mol. The average Bonchev–Trinajstić information content (AvgIpc) is 2.12. The van der Waals surface area contributed by atoms with Crippen molar-refractivity contribution in [3.63, 3.8) is 0 Å². The summed E-state index contributed by atoms with van der Waals surface area (Å²) >= 11 is 0. The van der Waals surface area contributed by atoms with Crippen LogP contribution < -0.4 is 0 Å². The second kappa shape index (κ2) is 6.90. The van der Waals surface area contributed by atoms with Crippen LogP contribution in [-0.4, -0.2) is 0 Å². The lowest BCUT2D eigenvalue weighted by molar-refractivity contribution is 0.966. The molecule has 0 bridgehead atoms. The van der Waals surface area contributed by atoms with Crippen molar-refractivity contribution in [1.82, 2.24) is 0 Å². The van der Waals surface area contributed by atoms with E-state index in [4.69, 9.17) is 0 Å². The van der Waals surface area contributed by atoms with E-state index in [1.807, 2.05) is 6.08 Å². The van der Waals surface area contributed by atoms with Crippen LogP contribution in [0.4, 0.5) is 0 Å². The van der Waals surface area contributed by atoms with Gasteiger partial charge < -0.3 is 0 Å². The van der Waals surface area contributed by atoms with Crippen LogP contribution in [0.3, 0.4) is 0 Å². The molecular weight excluding hydrogens is 144 g/mol. The highest BCUT2D eigenvalue weighted by Gasteiger charge is 1.91. The van der Waals surface area contributed by atoms with Crippen LogP contribution in [0.5, 0.6) is 0 Å². The van der Waals surface area contributed by atoms with Gasteiger partial charge in [0.1, 0.15) is 0 Å². The summed E-state index contributed by atoms with van der Waals surface area (Å²) in [6, 6.07) is 0. The summed E-state index contributed by atoms with van der Waals surface area (Å²) in [5, 5.41) is 0. The van der Waals surface area contributed by atoms with Crippen molar-refractivity contribution in [2.24, 2.45) is 0 Å². The molecule has 0 aliphatic heterocycles. The molecule has 0 aliphatic carbocycles. The molecule has 0 spiro atoms. The summed E-state index contributed by atoms with van der Waals surface area (Å²) in [5.41, 5.74) is 2.90. The molecule has 0 aromatic rings. The van der Waals surface area contributed by atoms with E-state index >= 15 is 0 Å². The van der Waals surface area contributed by atoms with E-state index in [9.17, 15) is 0 Å². The van der Waals surface area contributed by atoms with Crippen LogP contribution in [-0.2, 0) is 0 Å². The van der Waals surface area contributed by atoms with Crippen molar-refractivity contribution in [2.75, 3.05) is 0 Å². The predicted molar refractivity (Wildman–Crippen MR) is 57.2 cm³/mol. The van der Waals surface area contributed by atoms with E-state index in [0.29, 0.717) is 0 Å². The largest absolute Gasteiger partial charge is 0.0991 e. The molecule has 0 aliphatic rings. The maximum atomic E-state index is 3.70. The van der Waals surface area contributed by atoms with Crippen LogP contribution in [0.1, 0.15) is 40.0 Å². The Balaban J connectivity index is 4.42. The van der Waals surface area contributed by atoms with Gasteiger partial charge in [-0.3, -0.25) is 0 Å². The van der Waals surface area contributed by atoms with Crippen LogP contribution in [0.15, 0.2) is 36.0 Å². The molecule has 0 N–H and O–H groups in total. The van der Waals surface area contributed by atoms with Gasteiger partial charge in [-0.1, -0.05) is 51.2 Å². The third-order valence-corrected chi connectivity index (χ3v) is 2.04. The fourth-order valence-electron chi connectivity index (χ4n) is 1.14. The molecule has 0 amide bonds. The second-order valence-electron chi connectivity index (χ2n) is 2.84. The van der Waals surface area contributed by atoms with Gasteiger partial charge in [-0.25, -0.2) is 0 Å². The minimum absolute atomic E-state index is 1.09. The molecule has 0 heteroatoms. The third kappa shape index (κ3) is 4.17. The number of hydrogen-bond acceptors (Lipinski definition) is 0. The summed E-state index contributed by atoms with van der Waals surface area (Å²) in [7, 11) is 0. The first-order valence-electron chi connectivity index (χ1n) is 4.79. The second-order valence-corrected chi connectivity index (χ2v) is 2.84. The Morgan fingerprint density at radius 3 is 2.00 bits per heavy atom.